The molecule has 0 bridgehead atoms. The molecule has 0 aliphatic heterocycles. The molecule has 0 spiro atoms. The highest BCUT2D eigenvalue weighted by atomic mass is 16.5. The van der Waals surface area contributed by atoms with Crippen LogP contribution >= 0.6 is 0 Å². The monoisotopic (exact) mass is 386 g/mol. The van der Waals surface area contributed by atoms with Crippen LogP contribution in [0.25, 0.3) is 0 Å². The Morgan fingerprint density at radius 2 is 2.00 bits per heavy atom. The lowest BCUT2D eigenvalue weighted by Gasteiger charge is -2.50. The van der Waals surface area contributed by atoms with E-state index in [1.165, 1.54) is 11.1 Å². The van der Waals surface area contributed by atoms with Gasteiger partial charge in [-0.2, -0.15) is 0 Å². The number of aryl methyl sites for hydroxylation is 1. The first-order valence-corrected chi connectivity index (χ1v) is 10.6. The van der Waals surface area contributed by atoms with Gasteiger partial charge in [-0.05, 0) is 86.0 Å². The summed E-state index contributed by atoms with van der Waals surface area (Å²) in [5.74, 6) is 0.960. The third kappa shape index (κ3) is 3.40. The van der Waals surface area contributed by atoms with E-state index in [9.17, 15) is 14.7 Å². The molecule has 5 heteroatoms. The lowest BCUT2D eigenvalue weighted by atomic mass is 9.55. The highest BCUT2D eigenvalue weighted by Crippen LogP contribution is 2.61. The summed E-state index contributed by atoms with van der Waals surface area (Å²) >= 11 is 0. The SMILES string of the molecule is C[C@]12CC[C@@H]3c4ccc(O)cc4CC[C@H]3[C@@H]1CC[C@@H]2OC(=O)CCCC(=O)O. The molecule has 2 saturated carbocycles. The molecule has 0 saturated heterocycles. The lowest BCUT2D eigenvalue weighted by molar-refractivity contribution is -0.157. The first kappa shape index (κ1) is 19.3. The van der Waals surface area contributed by atoms with Crippen molar-refractivity contribution >= 4 is 11.9 Å². The van der Waals surface area contributed by atoms with E-state index in [4.69, 9.17) is 9.84 Å². The summed E-state index contributed by atoms with van der Waals surface area (Å²) in [6.45, 7) is 2.29. The number of aromatic hydroxyl groups is 1. The first-order chi connectivity index (χ1) is 13.4. The number of carbonyl (C=O) groups excluding carboxylic acids is 1. The highest BCUT2D eigenvalue weighted by Gasteiger charge is 2.56. The predicted octanol–water partition coefficient (Wildman–Crippen LogP) is 4.42. The van der Waals surface area contributed by atoms with Crippen LogP contribution in [0.15, 0.2) is 18.2 Å². The van der Waals surface area contributed by atoms with E-state index in [0.29, 0.717) is 29.9 Å². The van der Waals surface area contributed by atoms with Crippen LogP contribution in [0.5, 0.6) is 5.75 Å². The van der Waals surface area contributed by atoms with Gasteiger partial charge in [0.05, 0.1) is 0 Å². The molecule has 0 radical (unpaired) electrons. The number of esters is 1. The highest BCUT2D eigenvalue weighted by molar-refractivity contribution is 5.71. The molecule has 3 aliphatic rings. The molecule has 0 unspecified atom stereocenters. The Kier molecular flexibility index (Phi) is 5.11. The number of phenols is 1. The van der Waals surface area contributed by atoms with Crippen molar-refractivity contribution in [2.75, 3.05) is 0 Å². The average Bonchev–Trinajstić information content (AvgIpc) is 2.97. The molecule has 5 atom stereocenters. The fourth-order valence-corrected chi connectivity index (χ4v) is 6.32. The topological polar surface area (TPSA) is 83.8 Å². The Bertz CT molecular complexity index is 772. The third-order valence-electron chi connectivity index (χ3n) is 7.67. The average molecular weight is 386 g/mol. The minimum atomic E-state index is -0.870. The number of carboxylic acids is 1. The number of ether oxygens (including phenoxy) is 1. The second-order valence-electron chi connectivity index (χ2n) is 9.15. The second kappa shape index (κ2) is 7.41. The Labute approximate surface area is 166 Å². The molecule has 3 aliphatic carbocycles. The van der Waals surface area contributed by atoms with Gasteiger partial charge in [0.2, 0.25) is 0 Å². The normalized spacial score (nSPS) is 33.5. The van der Waals surface area contributed by atoms with Crippen molar-refractivity contribution in [2.24, 2.45) is 17.3 Å². The summed E-state index contributed by atoms with van der Waals surface area (Å²) in [5, 5.41) is 18.5. The van der Waals surface area contributed by atoms with Crippen LogP contribution in [-0.2, 0) is 20.7 Å². The van der Waals surface area contributed by atoms with Crippen molar-refractivity contribution in [1.29, 1.82) is 0 Å². The van der Waals surface area contributed by atoms with Crippen LogP contribution in [0.1, 0.15) is 75.3 Å². The van der Waals surface area contributed by atoms with Gasteiger partial charge in [0.25, 0.3) is 0 Å². The van der Waals surface area contributed by atoms with Crippen LogP contribution in [-0.4, -0.2) is 28.3 Å². The minimum Gasteiger partial charge on any atom is -0.508 e. The first-order valence-electron chi connectivity index (χ1n) is 10.6. The number of hydrogen-bond donors (Lipinski definition) is 2. The number of carbonyl (C=O) groups is 2. The van der Waals surface area contributed by atoms with Crippen molar-refractivity contribution < 1.29 is 24.5 Å². The summed E-state index contributed by atoms with van der Waals surface area (Å²) in [6, 6.07) is 5.85. The number of aliphatic carboxylic acids is 1. The molecule has 5 nitrogen and oxygen atoms in total. The quantitative estimate of drug-likeness (QED) is 0.732. The van der Waals surface area contributed by atoms with Gasteiger partial charge >= 0.3 is 11.9 Å². The molecule has 28 heavy (non-hydrogen) atoms. The molecule has 2 fully saturated rings. The molecule has 0 heterocycles. The van der Waals surface area contributed by atoms with E-state index < -0.39 is 5.97 Å². The van der Waals surface area contributed by atoms with Gasteiger partial charge in [-0.3, -0.25) is 9.59 Å². The van der Waals surface area contributed by atoms with Crippen LogP contribution in [0.2, 0.25) is 0 Å². The maximum absolute atomic E-state index is 12.2. The van der Waals surface area contributed by atoms with Crippen LogP contribution in [0.3, 0.4) is 0 Å². The van der Waals surface area contributed by atoms with Gasteiger partial charge < -0.3 is 14.9 Å². The molecule has 152 valence electrons. The van der Waals surface area contributed by atoms with Crippen LogP contribution in [0.4, 0.5) is 0 Å². The number of rotatable bonds is 5. The summed E-state index contributed by atoms with van der Waals surface area (Å²) in [6.07, 6.45) is 6.81. The summed E-state index contributed by atoms with van der Waals surface area (Å²) in [4.78, 5) is 22.9. The summed E-state index contributed by atoms with van der Waals surface area (Å²) in [7, 11) is 0. The zero-order valence-electron chi connectivity index (χ0n) is 16.5. The standard InChI is InChI=1S/C23H30O5/c1-23-12-11-17-16-8-6-15(24)13-14(16)5-7-18(17)19(23)9-10-20(23)28-22(27)4-2-3-21(25)26/h6,8,13,17-20,24H,2-5,7,9-12H2,1H3,(H,25,26)/t17-,18-,19+,20+,23+/m1/s1. The van der Waals surface area contributed by atoms with Crippen molar-refractivity contribution in [3.63, 3.8) is 0 Å². The van der Waals surface area contributed by atoms with Gasteiger partial charge in [0, 0.05) is 18.3 Å². The van der Waals surface area contributed by atoms with Crippen LogP contribution in [0, 0.1) is 17.3 Å². The maximum Gasteiger partial charge on any atom is 0.306 e. The fourth-order valence-electron chi connectivity index (χ4n) is 6.32. The van der Waals surface area contributed by atoms with Crippen molar-refractivity contribution in [3.05, 3.63) is 29.3 Å². The minimum absolute atomic E-state index is 0.0123. The largest absolute Gasteiger partial charge is 0.508 e. The number of fused-ring (bicyclic) bond motifs is 5. The predicted molar refractivity (Wildman–Crippen MR) is 104 cm³/mol. The van der Waals surface area contributed by atoms with Crippen molar-refractivity contribution in [1.82, 2.24) is 0 Å². The van der Waals surface area contributed by atoms with Gasteiger partial charge in [-0.15, -0.1) is 0 Å². The Hall–Kier alpha value is -2.04. The molecular weight excluding hydrogens is 356 g/mol. The van der Waals surface area contributed by atoms with Gasteiger partial charge in [-0.25, -0.2) is 0 Å². The third-order valence-corrected chi connectivity index (χ3v) is 7.67. The lowest BCUT2D eigenvalue weighted by Crippen LogP contribution is -2.45. The zero-order chi connectivity index (χ0) is 19.9. The van der Waals surface area contributed by atoms with Gasteiger partial charge in [0.1, 0.15) is 11.9 Å². The van der Waals surface area contributed by atoms with E-state index >= 15 is 0 Å². The smallest absolute Gasteiger partial charge is 0.306 e. The van der Waals surface area contributed by atoms with E-state index in [1.807, 2.05) is 12.1 Å². The van der Waals surface area contributed by atoms with E-state index in [1.54, 1.807) is 0 Å². The Morgan fingerprint density at radius 3 is 2.79 bits per heavy atom. The number of phenolic OH excluding ortho intramolecular Hbond substituents is 1. The summed E-state index contributed by atoms with van der Waals surface area (Å²) in [5.41, 5.74) is 2.73. The molecule has 1 aromatic carbocycles. The maximum atomic E-state index is 12.2. The molecule has 4 rings (SSSR count). The van der Waals surface area contributed by atoms with Gasteiger partial charge in [0.15, 0.2) is 0 Å². The molecule has 1 aromatic rings. The number of hydrogen-bond acceptors (Lipinski definition) is 4. The fraction of sp³-hybridized carbons (Fsp3) is 0.652. The summed E-state index contributed by atoms with van der Waals surface area (Å²) < 4.78 is 5.87. The van der Waals surface area contributed by atoms with E-state index in [-0.39, 0.29) is 30.3 Å². The van der Waals surface area contributed by atoms with Crippen molar-refractivity contribution in [2.45, 2.75) is 76.7 Å². The number of carboxylic acid groups (broad SMARTS) is 1. The second-order valence-corrected chi connectivity index (χ2v) is 9.15. The van der Waals surface area contributed by atoms with E-state index in [2.05, 4.69) is 13.0 Å². The molecule has 0 amide bonds. The van der Waals surface area contributed by atoms with Crippen LogP contribution < -0.4 is 0 Å². The van der Waals surface area contributed by atoms with Gasteiger partial charge in [-0.1, -0.05) is 13.0 Å². The number of benzene rings is 1. The van der Waals surface area contributed by atoms with Crippen molar-refractivity contribution in [3.8, 4) is 5.75 Å². The Morgan fingerprint density at radius 1 is 1.18 bits per heavy atom. The molecular formula is C23H30O5. The molecule has 2 N–H and O–H groups in total. The Balaban J connectivity index is 1.44. The zero-order valence-corrected chi connectivity index (χ0v) is 16.5. The van der Waals surface area contributed by atoms with E-state index in [0.717, 1.165) is 38.5 Å². The molecule has 0 aromatic heterocycles.